The number of nitrogens with zero attached hydrogens (tertiary/aromatic N) is 1. The van der Waals surface area contributed by atoms with Crippen molar-refractivity contribution in [3.05, 3.63) is 96.2 Å². The molecule has 0 radical (unpaired) electrons. The zero-order chi connectivity index (χ0) is 21.6. The molecule has 31 heavy (non-hydrogen) atoms. The molecule has 0 aromatic heterocycles. The molecule has 0 saturated heterocycles. The van der Waals surface area contributed by atoms with E-state index in [0.29, 0.717) is 5.70 Å². The summed E-state index contributed by atoms with van der Waals surface area (Å²) >= 11 is 3.61. The van der Waals surface area contributed by atoms with E-state index in [-0.39, 0.29) is 11.9 Å². The van der Waals surface area contributed by atoms with Crippen molar-refractivity contribution in [1.29, 1.82) is 0 Å². The van der Waals surface area contributed by atoms with Gasteiger partial charge < -0.3 is 5.32 Å². The molecule has 3 aromatic carbocycles. The molecule has 4 rings (SSSR count). The number of thioether (sulfide) groups is 2. The quantitative estimate of drug-likeness (QED) is 0.378. The Morgan fingerprint density at radius 1 is 0.806 bits per heavy atom. The van der Waals surface area contributed by atoms with E-state index < -0.39 is 0 Å². The third-order valence-corrected chi connectivity index (χ3v) is 6.85. The van der Waals surface area contributed by atoms with Crippen LogP contribution < -0.4 is 10.2 Å². The maximum absolute atomic E-state index is 13.5. The summed E-state index contributed by atoms with van der Waals surface area (Å²) in [6.45, 7) is 4.29. The molecule has 0 spiro atoms. The molecule has 1 heterocycles. The lowest BCUT2D eigenvalue weighted by molar-refractivity contribution is -0.114. The summed E-state index contributed by atoms with van der Waals surface area (Å²) in [4.78, 5) is 17.8. The number of rotatable bonds is 8. The average Bonchev–Trinajstić information content (AvgIpc) is 3.13. The molecule has 158 valence electrons. The first-order valence-corrected chi connectivity index (χ1v) is 12.5. The van der Waals surface area contributed by atoms with E-state index in [1.807, 2.05) is 65.2 Å². The summed E-state index contributed by atoms with van der Waals surface area (Å²) in [5.74, 6) is 2.05. The predicted molar refractivity (Wildman–Crippen MR) is 134 cm³/mol. The number of carbonyl (C=O) groups is 1. The van der Waals surface area contributed by atoms with Gasteiger partial charge in [-0.2, -0.15) is 0 Å². The van der Waals surface area contributed by atoms with Crippen molar-refractivity contribution in [2.24, 2.45) is 0 Å². The molecule has 3 nitrogen and oxygen atoms in total. The van der Waals surface area contributed by atoms with Crippen LogP contribution in [0.25, 0.3) is 0 Å². The number of nitrogens with one attached hydrogen (secondary N) is 1. The van der Waals surface area contributed by atoms with Crippen molar-refractivity contribution >= 4 is 40.8 Å². The van der Waals surface area contributed by atoms with Crippen LogP contribution in [0, 0.1) is 0 Å². The van der Waals surface area contributed by atoms with Crippen LogP contribution in [-0.4, -0.2) is 17.4 Å². The molecule has 1 amide bonds. The molecule has 5 heteroatoms. The minimum absolute atomic E-state index is 0.0169. The summed E-state index contributed by atoms with van der Waals surface area (Å²) in [6, 6.07) is 26.5. The van der Waals surface area contributed by atoms with Crippen molar-refractivity contribution in [2.75, 3.05) is 21.7 Å². The summed E-state index contributed by atoms with van der Waals surface area (Å²) < 4.78 is 0. The van der Waals surface area contributed by atoms with E-state index in [1.165, 1.54) is 9.79 Å². The van der Waals surface area contributed by atoms with Crippen LogP contribution in [0.15, 0.2) is 100 Å². The SMILES string of the molecule is CCSc1ccc(NC2=C[C@@H](c3ccccc3)N(c3ccc(SCC)cc3)C2=O)cc1. The fourth-order valence-corrected chi connectivity index (χ4v) is 4.98. The summed E-state index contributed by atoms with van der Waals surface area (Å²) in [5, 5.41) is 3.35. The lowest BCUT2D eigenvalue weighted by Crippen LogP contribution is -2.30. The molecule has 1 N–H and O–H groups in total. The second-order valence-corrected chi connectivity index (χ2v) is 9.80. The van der Waals surface area contributed by atoms with Gasteiger partial charge >= 0.3 is 0 Å². The Morgan fingerprint density at radius 3 is 1.97 bits per heavy atom. The lowest BCUT2D eigenvalue weighted by atomic mass is 10.1. The Bertz CT molecular complexity index is 1050. The van der Waals surface area contributed by atoms with Crippen molar-refractivity contribution in [1.82, 2.24) is 0 Å². The largest absolute Gasteiger partial charge is 0.351 e. The fourth-order valence-electron chi connectivity index (χ4n) is 3.65. The number of hydrogen-bond acceptors (Lipinski definition) is 4. The zero-order valence-corrected chi connectivity index (χ0v) is 19.4. The van der Waals surface area contributed by atoms with Gasteiger partial charge in [-0.05, 0) is 71.7 Å². The first kappa shape index (κ1) is 21.6. The number of hydrogen-bond donors (Lipinski definition) is 1. The highest BCUT2D eigenvalue weighted by Crippen LogP contribution is 2.37. The van der Waals surface area contributed by atoms with Gasteiger partial charge in [0.05, 0.1) is 6.04 Å². The van der Waals surface area contributed by atoms with E-state index in [0.717, 1.165) is 28.4 Å². The van der Waals surface area contributed by atoms with Gasteiger partial charge in [0.15, 0.2) is 0 Å². The van der Waals surface area contributed by atoms with Crippen LogP contribution in [0.4, 0.5) is 11.4 Å². The first-order chi connectivity index (χ1) is 15.2. The maximum atomic E-state index is 13.5. The second kappa shape index (κ2) is 10.1. The van der Waals surface area contributed by atoms with E-state index in [2.05, 4.69) is 55.6 Å². The minimum atomic E-state index is -0.143. The molecule has 3 aromatic rings. The van der Waals surface area contributed by atoms with Crippen molar-refractivity contribution in [2.45, 2.75) is 29.7 Å². The third-order valence-electron chi connectivity index (χ3n) is 5.06. The highest BCUT2D eigenvalue weighted by Gasteiger charge is 2.34. The smallest absolute Gasteiger partial charge is 0.275 e. The van der Waals surface area contributed by atoms with Crippen LogP contribution >= 0.6 is 23.5 Å². The molecule has 0 fully saturated rings. The number of amides is 1. The summed E-state index contributed by atoms with van der Waals surface area (Å²) in [7, 11) is 0. The van der Waals surface area contributed by atoms with E-state index in [4.69, 9.17) is 0 Å². The van der Waals surface area contributed by atoms with Crippen LogP contribution in [-0.2, 0) is 4.79 Å². The molecule has 0 bridgehead atoms. The Labute approximate surface area is 192 Å². The monoisotopic (exact) mass is 446 g/mol. The predicted octanol–water partition coefficient (Wildman–Crippen LogP) is 6.99. The van der Waals surface area contributed by atoms with Crippen molar-refractivity contribution < 1.29 is 4.79 Å². The molecule has 0 saturated carbocycles. The fraction of sp³-hybridized carbons (Fsp3) is 0.192. The average molecular weight is 447 g/mol. The first-order valence-electron chi connectivity index (χ1n) is 10.5. The van der Waals surface area contributed by atoms with Crippen LogP contribution in [0.2, 0.25) is 0 Å². The summed E-state index contributed by atoms with van der Waals surface area (Å²) in [5.41, 5.74) is 3.52. The third kappa shape index (κ3) is 5.00. The van der Waals surface area contributed by atoms with Crippen LogP contribution in [0.5, 0.6) is 0 Å². The summed E-state index contributed by atoms with van der Waals surface area (Å²) in [6.07, 6.45) is 2.03. The van der Waals surface area contributed by atoms with Gasteiger partial charge in [0.1, 0.15) is 5.70 Å². The van der Waals surface area contributed by atoms with Crippen molar-refractivity contribution in [3.8, 4) is 0 Å². The number of carbonyl (C=O) groups excluding carboxylic acids is 1. The van der Waals surface area contributed by atoms with Gasteiger partial charge in [-0.3, -0.25) is 9.69 Å². The van der Waals surface area contributed by atoms with Crippen LogP contribution in [0.3, 0.4) is 0 Å². The Hall–Kier alpha value is -2.63. The molecule has 1 aliphatic rings. The zero-order valence-electron chi connectivity index (χ0n) is 17.7. The normalized spacial score (nSPS) is 15.8. The Kier molecular flexibility index (Phi) is 7.05. The Balaban J connectivity index is 1.63. The molecule has 0 aliphatic carbocycles. The number of anilines is 2. The van der Waals surface area contributed by atoms with E-state index >= 15 is 0 Å². The van der Waals surface area contributed by atoms with Gasteiger partial charge in [-0.15, -0.1) is 23.5 Å². The van der Waals surface area contributed by atoms with Gasteiger partial charge in [-0.25, -0.2) is 0 Å². The maximum Gasteiger partial charge on any atom is 0.275 e. The van der Waals surface area contributed by atoms with E-state index in [9.17, 15) is 4.79 Å². The van der Waals surface area contributed by atoms with E-state index in [1.54, 1.807) is 11.8 Å². The van der Waals surface area contributed by atoms with Gasteiger partial charge in [0.25, 0.3) is 5.91 Å². The Morgan fingerprint density at radius 2 is 1.39 bits per heavy atom. The highest BCUT2D eigenvalue weighted by molar-refractivity contribution is 7.99. The number of benzene rings is 3. The second-order valence-electron chi connectivity index (χ2n) is 7.12. The molecule has 1 aliphatic heterocycles. The van der Waals surface area contributed by atoms with Gasteiger partial charge in [-0.1, -0.05) is 44.2 Å². The molecular formula is C26H26N2OS2. The molecule has 0 unspecified atom stereocenters. The van der Waals surface area contributed by atoms with Gasteiger partial charge in [0.2, 0.25) is 0 Å². The van der Waals surface area contributed by atoms with Crippen molar-refractivity contribution in [3.63, 3.8) is 0 Å². The standard InChI is InChI=1S/C26H26N2OS2/c1-3-30-22-14-10-20(11-15-22)27-24-18-25(19-8-6-5-7-9-19)28(26(24)29)21-12-16-23(17-13-21)31-4-2/h5-18,25,27H,3-4H2,1-2H3/t25-/m0/s1. The molecular weight excluding hydrogens is 420 g/mol. The van der Waals surface area contributed by atoms with Gasteiger partial charge in [0, 0.05) is 21.2 Å². The molecule has 1 atom stereocenters. The topological polar surface area (TPSA) is 32.3 Å². The highest BCUT2D eigenvalue weighted by atomic mass is 32.2. The minimum Gasteiger partial charge on any atom is -0.351 e. The lowest BCUT2D eigenvalue weighted by Gasteiger charge is -2.25. The van der Waals surface area contributed by atoms with Crippen LogP contribution in [0.1, 0.15) is 25.5 Å².